The zero-order valence-electron chi connectivity index (χ0n) is 40.3. The van der Waals surface area contributed by atoms with E-state index in [1.165, 1.54) is 20.6 Å². The highest BCUT2D eigenvalue weighted by Gasteiger charge is 2.42. The first-order chi connectivity index (χ1) is 29.3. The molecule has 0 aliphatic carbocycles. The smallest absolute Gasteiger partial charge is 0.410 e. The number of esters is 1. The molecule has 2 heterocycles. The van der Waals surface area contributed by atoms with Crippen LogP contribution in [-0.4, -0.2) is 178 Å². The van der Waals surface area contributed by atoms with Gasteiger partial charge in [0, 0.05) is 74.5 Å². The van der Waals surface area contributed by atoms with Crippen LogP contribution < -0.4 is 5.32 Å². The van der Waals surface area contributed by atoms with E-state index in [0.717, 1.165) is 18.4 Å². The van der Waals surface area contributed by atoms with Gasteiger partial charge in [0.1, 0.15) is 18.2 Å². The summed E-state index contributed by atoms with van der Waals surface area (Å²) < 4.78 is 22.5. The van der Waals surface area contributed by atoms with Gasteiger partial charge in [-0.25, -0.2) is 14.6 Å². The zero-order chi connectivity index (χ0) is 46.7. The van der Waals surface area contributed by atoms with Crippen molar-refractivity contribution < 1.29 is 42.9 Å². The molecule has 1 N–H and O–H groups in total. The number of hydrogen-bond acceptors (Lipinski definition) is 10. The Kier molecular flexibility index (Phi) is 22.7. The molecule has 2 saturated heterocycles. The van der Waals surface area contributed by atoms with E-state index >= 15 is 0 Å². The van der Waals surface area contributed by atoms with Gasteiger partial charge in [-0.15, -0.1) is 0 Å². The summed E-state index contributed by atoms with van der Waals surface area (Å²) in [7, 11) is 9.87. The minimum atomic E-state index is -0.891. The van der Waals surface area contributed by atoms with Crippen molar-refractivity contribution in [2.75, 3.05) is 81.7 Å². The van der Waals surface area contributed by atoms with Gasteiger partial charge in [0.25, 0.3) is 0 Å². The second kappa shape index (κ2) is 26.2. The molecule has 16 nitrogen and oxygen atoms in total. The fraction of sp³-hybridized carbons (Fsp3) is 0.739. The van der Waals surface area contributed by atoms with Crippen LogP contribution in [0, 0.1) is 11.8 Å². The Bertz CT molecular complexity index is 1580. The van der Waals surface area contributed by atoms with Crippen molar-refractivity contribution in [3.8, 4) is 0 Å². The van der Waals surface area contributed by atoms with Gasteiger partial charge < -0.3 is 48.8 Å². The van der Waals surface area contributed by atoms with Crippen molar-refractivity contribution in [3.05, 3.63) is 35.9 Å². The Morgan fingerprint density at radius 3 is 2.00 bits per heavy atom. The number of likely N-dealkylation sites (N-methyl/N-ethyl adjacent to an activating group) is 1. The van der Waals surface area contributed by atoms with Crippen LogP contribution in [0.25, 0.3) is 0 Å². The molecule has 6 unspecified atom stereocenters. The Morgan fingerprint density at radius 1 is 0.887 bits per heavy atom. The molecule has 0 aromatic heterocycles. The summed E-state index contributed by atoms with van der Waals surface area (Å²) in [6.45, 7) is 18.0. The monoisotopic (exact) mass is 874 g/mol. The number of piperazine rings is 1. The molecule has 352 valence electrons. The van der Waals surface area contributed by atoms with Gasteiger partial charge in [-0.3, -0.25) is 14.4 Å². The van der Waals surface area contributed by atoms with Crippen LogP contribution in [0.15, 0.2) is 35.3 Å². The summed E-state index contributed by atoms with van der Waals surface area (Å²) >= 11 is 0. The average molecular weight is 874 g/mol. The van der Waals surface area contributed by atoms with E-state index in [-0.39, 0.29) is 55.2 Å². The number of amides is 4. The van der Waals surface area contributed by atoms with E-state index in [2.05, 4.69) is 24.1 Å². The molecule has 7 atom stereocenters. The van der Waals surface area contributed by atoms with Crippen molar-refractivity contribution in [3.63, 3.8) is 0 Å². The molecule has 1 aromatic rings. The number of ether oxygens (including phenoxy) is 4. The molecule has 4 amide bonds. The van der Waals surface area contributed by atoms with Gasteiger partial charge >= 0.3 is 12.1 Å². The molecule has 2 fully saturated rings. The maximum Gasteiger partial charge on any atom is 0.410 e. The number of rotatable bonds is 17. The largest absolute Gasteiger partial charge is 0.467 e. The Labute approximate surface area is 372 Å². The first-order valence-electron chi connectivity index (χ1n) is 22.3. The second-order valence-corrected chi connectivity index (χ2v) is 17.6. The summed E-state index contributed by atoms with van der Waals surface area (Å²) in [6, 6.07) is 7.68. The fourth-order valence-electron chi connectivity index (χ4n) is 8.00. The fourth-order valence-corrected chi connectivity index (χ4v) is 8.00. The number of carbonyl (C=O) groups excluding carboxylic acids is 5. The van der Waals surface area contributed by atoms with Gasteiger partial charge in [-0.1, -0.05) is 77.8 Å². The summed E-state index contributed by atoms with van der Waals surface area (Å²) in [5.74, 6) is -1.36. The molecular formula is C46H79N7O9. The number of hydrogen-bond donors (Lipinski definition) is 1. The van der Waals surface area contributed by atoms with E-state index in [1.807, 2.05) is 83.9 Å². The number of guanidine groups is 1. The zero-order valence-corrected chi connectivity index (χ0v) is 40.3. The number of likely N-dealkylation sites (tertiary alicyclic amines) is 1. The third-order valence-corrected chi connectivity index (χ3v) is 11.4. The first kappa shape index (κ1) is 53.7. The first-order valence-corrected chi connectivity index (χ1v) is 22.3. The van der Waals surface area contributed by atoms with Gasteiger partial charge in [0.2, 0.25) is 17.7 Å². The van der Waals surface area contributed by atoms with Crippen LogP contribution in [0.2, 0.25) is 0 Å². The van der Waals surface area contributed by atoms with Crippen LogP contribution in [0.3, 0.4) is 0 Å². The van der Waals surface area contributed by atoms with E-state index in [1.54, 1.807) is 35.8 Å². The van der Waals surface area contributed by atoms with Crippen molar-refractivity contribution in [1.29, 1.82) is 0 Å². The molecule has 2 aliphatic heterocycles. The minimum Gasteiger partial charge on any atom is -0.467 e. The van der Waals surface area contributed by atoms with Crippen LogP contribution >= 0.6 is 0 Å². The number of methoxy groups -OCH3 is 3. The third kappa shape index (κ3) is 16.0. The lowest BCUT2D eigenvalue weighted by atomic mass is 9.90. The van der Waals surface area contributed by atoms with Crippen LogP contribution in [0.4, 0.5) is 4.79 Å². The topological polar surface area (TPSA) is 163 Å². The van der Waals surface area contributed by atoms with Crippen molar-refractivity contribution >= 4 is 35.7 Å². The second-order valence-electron chi connectivity index (χ2n) is 17.6. The highest BCUT2D eigenvalue weighted by Crippen LogP contribution is 2.29. The van der Waals surface area contributed by atoms with E-state index in [9.17, 15) is 24.0 Å². The number of nitrogens with one attached hydrogen (secondary N) is 1. The van der Waals surface area contributed by atoms with Gasteiger partial charge in [-0.05, 0) is 45.1 Å². The molecule has 0 bridgehead atoms. The number of aliphatic imine (C=N–C) groups is 1. The standard InChI is InChI=1S/C43H71N7O9.C3H8/c1-13-29(2)37(47(9)36(52)28-44-41(46(7)8)48-22-24-49(25-23-48)42(55)59-43(4,5)6)34(56-10)27-35(51)50-21-17-20-33(50)38(57-11)30(3)39(53)45-32(40(54)58-12)26-31-18-15-14-16-19-31;1-3-2/h14-16,18-19,29-30,32-34,37-38H,13,17,20-28H2,1-12H3,(H,45,53);3H2,1-2H3/t29?,30?,32-,33?,34?,37?,38?;/m0./s1. The molecular weight excluding hydrogens is 795 g/mol. The molecule has 0 saturated carbocycles. The lowest BCUT2D eigenvalue weighted by molar-refractivity contribution is -0.148. The normalized spacial score (nSPS) is 18.6. The Morgan fingerprint density at radius 2 is 1.48 bits per heavy atom. The van der Waals surface area contributed by atoms with Crippen molar-refractivity contribution in [2.45, 2.75) is 130 Å². The molecule has 0 spiro atoms. The summed E-state index contributed by atoms with van der Waals surface area (Å²) in [5.41, 5.74) is 0.296. The van der Waals surface area contributed by atoms with E-state index in [4.69, 9.17) is 23.9 Å². The molecule has 16 heteroatoms. The molecule has 62 heavy (non-hydrogen) atoms. The third-order valence-electron chi connectivity index (χ3n) is 11.4. The van der Waals surface area contributed by atoms with Crippen LogP contribution in [0.5, 0.6) is 0 Å². The molecule has 0 radical (unpaired) electrons. The van der Waals surface area contributed by atoms with E-state index in [0.29, 0.717) is 45.1 Å². The molecule has 1 aromatic carbocycles. The lowest BCUT2D eigenvalue weighted by Gasteiger charge is -2.39. The van der Waals surface area contributed by atoms with Crippen molar-refractivity contribution in [2.24, 2.45) is 16.8 Å². The Balaban J connectivity index is 0.00000428. The van der Waals surface area contributed by atoms with Crippen LogP contribution in [0.1, 0.15) is 93.1 Å². The summed E-state index contributed by atoms with van der Waals surface area (Å²) in [4.78, 5) is 80.9. The summed E-state index contributed by atoms with van der Waals surface area (Å²) in [6.07, 6.45) is 2.04. The van der Waals surface area contributed by atoms with Gasteiger partial charge in [0.05, 0.1) is 43.7 Å². The maximum atomic E-state index is 14.2. The lowest BCUT2D eigenvalue weighted by Crippen LogP contribution is -2.55. The van der Waals surface area contributed by atoms with Crippen molar-refractivity contribution in [1.82, 2.24) is 29.8 Å². The molecule has 2 aliphatic rings. The SMILES string of the molecule is CCC.CCC(C)C(C(CC(=O)N1CCCC1C(OC)C(C)C(=O)N[C@@H](Cc1ccccc1)C(=O)OC)OC)N(C)C(=O)CN=C(N(C)C)N1CCN(C(=O)OC(C)(C)C)CC1. The quantitative estimate of drug-likeness (QED) is 0.131. The molecule has 3 rings (SSSR count). The number of benzene rings is 1. The van der Waals surface area contributed by atoms with Gasteiger partial charge in [0.15, 0.2) is 5.96 Å². The van der Waals surface area contributed by atoms with E-state index < -0.39 is 41.8 Å². The summed E-state index contributed by atoms with van der Waals surface area (Å²) in [5, 5.41) is 2.86. The number of carbonyl (C=O) groups is 5. The highest BCUT2D eigenvalue weighted by atomic mass is 16.6. The predicted molar refractivity (Wildman–Crippen MR) is 242 cm³/mol. The van der Waals surface area contributed by atoms with Crippen LogP contribution in [-0.2, 0) is 44.5 Å². The predicted octanol–water partition coefficient (Wildman–Crippen LogP) is 4.69. The maximum absolute atomic E-state index is 14.2. The number of nitrogens with zero attached hydrogens (tertiary/aromatic N) is 6. The Hall–Kier alpha value is -4.44. The van der Waals surface area contributed by atoms with Gasteiger partial charge in [-0.2, -0.15) is 0 Å². The highest BCUT2D eigenvalue weighted by molar-refractivity contribution is 5.87. The average Bonchev–Trinajstić information content (AvgIpc) is 3.72. The minimum absolute atomic E-state index is 0.0108.